The maximum atomic E-state index is 12.7. The fraction of sp³-hybridized carbons (Fsp3) is 0.500. The smallest absolute Gasteiger partial charge is 0.218 e. The third-order valence-corrected chi connectivity index (χ3v) is 6.42. The molecule has 25 heavy (non-hydrogen) atoms. The predicted octanol–water partition coefficient (Wildman–Crippen LogP) is 1.86. The van der Waals surface area contributed by atoms with Gasteiger partial charge in [0.1, 0.15) is 0 Å². The lowest BCUT2D eigenvalue weighted by atomic mass is 10.2. The molecule has 0 radical (unpaired) electrons. The molecule has 1 aliphatic heterocycles. The summed E-state index contributed by atoms with van der Waals surface area (Å²) in [5.41, 5.74) is 3.12. The normalized spacial score (nSPS) is 17.0. The first-order chi connectivity index (χ1) is 12.0. The molecule has 0 bridgehead atoms. The van der Waals surface area contributed by atoms with Gasteiger partial charge in [0.2, 0.25) is 10.0 Å². The van der Waals surface area contributed by atoms with Gasteiger partial charge in [-0.2, -0.15) is 9.40 Å². The van der Waals surface area contributed by atoms with E-state index in [1.807, 2.05) is 42.1 Å². The van der Waals surface area contributed by atoms with Crippen molar-refractivity contribution in [3.05, 3.63) is 53.3 Å². The lowest BCUT2D eigenvalue weighted by Gasteiger charge is -2.33. The van der Waals surface area contributed by atoms with Gasteiger partial charge in [-0.05, 0) is 19.4 Å². The van der Waals surface area contributed by atoms with Crippen molar-refractivity contribution in [3.63, 3.8) is 0 Å². The molecular weight excluding hydrogens is 336 g/mol. The molecule has 0 atom stereocenters. The molecule has 0 amide bonds. The summed E-state index contributed by atoms with van der Waals surface area (Å²) in [5.74, 6) is 0.0813. The molecule has 1 saturated heterocycles. The first-order valence-corrected chi connectivity index (χ1v) is 10.3. The van der Waals surface area contributed by atoms with Crippen LogP contribution in [0.3, 0.4) is 0 Å². The van der Waals surface area contributed by atoms with Crippen molar-refractivity contribution < 1.29 is 8.42 Å². The Morgan fingerprint density at radius 3 is 2.52 bits per heavy atom. The SMILES string of the molecule is CCn1cc(CN2CCN(S(=O)(=O)Cc3cccc(C)c3)CC2)cn1. The van der Waals surface area contributed by atoms with E-state index in [1.165, 1.54) is 5.56 Å². The maximum Gasteiger partial charge on any atom is 0.218 e. The molecule has 7 heteroatoms. The molecule has 0 aliphatic carbocycles. The lowest BCUT2D eigenvalue weighted by molar-refractivity contribution is 0.181. The van der Waals surface area contributed by atoms with Crippen molar-refractivity contribution in [1.29, 1.82) is 0 Å². The van der Waals surface area contributed by atoms with Gasteiger partial charge in [-0.15, -0.1) is 0 Å². The molecule has 2 aromatic rings. The van der Waals surface area contributed by atoms with Crippen molar-refractivity contribution >= 4 is 10.0 Å². The number of rotatable bonds is 6. The highest BCUT2D eigenvalue weighted by Crippen LogP contribution is 2.16. The molecule has 1 fully saturated rings. The van der Waals surface area contributed by atoms with E-state index in [2.05, 4.69) is 23.1 Å². The van der Waals surface area contributed by atoms with Crippen LogP contribution in [-0.4, -0.2) is 53.6 Å². The van der Waals surface area contributed by atoms with Crippen LogP contribution in [-0.2, 0) is 28.9 Å². The average Bonchev–Trinajstić information content (AvgIpc) is 3.02. The fourth-order valence-electron chi connectivity index (χ4n) is 3.19. The zero-order chi connectivity index (χ0) is 17.9. The van der Waals surface area contributed by atoms with E-state index in [4.69, 9.17) is 0 Å². The molecule has 136 valence electrons. The number of nitrogens with zero attached hydrogens (tertiary/aromatic N) is 4. The van der Waals surface area contributed by atoms with Crippen molar-refractivity contribution in [1.82, 2.24) is 19.0 Å². The largest absolute Gasteiger partial charge is 0.296 e. The van der Waals surface area contributed by atoms with Gasteiger partial charge < -0.3 is 0 Å². The van der Waals surface area contributed by atoms with Crippen LogP contribution in [0.15, 0.2) is 36.7 Å². The van der Waals surface area contributed by atoms with Crippen LogP contribution < -0.4 is 0 Å². The highest BCUT2D eigenvalue weighted by molar-refractivity contribution is 7.88. The van der Waals surface area contributed by atoms with Gasteiger partial charge in [0.05, 0.1) is 11.9 Å². The summed E-state index contributed by atoms with van der Waals surface area (Å²) >= 11 is 0. The number of aryl methyl sites for hydroxylation is 2. The molecule has 6 nitrogen and oxygen atoms in total. The summed E-state index contributed by atoms with van der Waals surface area (Å²) in [7, 11) is -3.26. The van der Waals surface area contributed by atoms with E-state index in [0.29, 0.717) is 13.1 Å². The highest BCUT2D eigenvalue weighted by atomic mass is 32.2. The van der Waals surface area contributed by atoms with Gasteiger partial charge >= 0.3 is 0 Å². The molecule has 0 saturated carbocycles. The summed E-state index contributed by atoms with van der Waals surface area (Å²) in [4.78, 5) is 2.29. The van der Waals surface area contributed by atoms with Crippen LogP contribution in [0.4, 0.5) is 0 Å². The van der Waals surface area contributed by atoms with Gasteiger partial charge in [-0.25, -0.2) is 8.42 Å². The first kappa shape index (κ1) is 18.1. The van der Waals surface area contributed by atoms with Crippen molar-refractivity contribution in [3.8, 4) is 0 Å². The van der Waals surface area contributed by atoms with Gasteiger partial charge in [0.15, 0.2) is 0 Å². The van der Waals surface area contributed by atoms with E-state index in [1.54, 1.807) is 4.31 Å². The Labute approximate surface area is 150 Å². The van der Waals surface area contributed by atoms with Gasteiger partial charge in [0.25, 0.3) is 0 Å². The average molecular weight is 362 g/mol. The molecule has 3 rings (SSSR count). The minimum absolute atomic E-state index is 0.0813. The Morgan fingerprint density at radius 2 is 1.88 bits per heavy atom. The first-order valence-electron chi connectivity index (χ1n) is 8.73. The van der Waals surface area contributed by atoms with Crippen LogP contribution >= 0.6 is 0 Å². The topological polar surface area (TPSA) is 58.4 Å². The quantitative estimate of drug-likeness (QED) is 0.787. The minimum atomic E-state index is -3.26. The molecule has 0 unspecified atom stereocenters. The summed E-state index contributed by atoms with van der Waals surface area (Å²) in [6.07, 6.45) is 3.95. The Morgan fingerprint density at radius 1 is 1.12 bits per heavy atom. The second-order valence-electron chi connectivity index (χ2n) is 6.62. The van der Waals surface area contributed by atoms with Crippen LogP contribution in [0.2, 0.25) is 0 Å². The van der Waals surface area contributed by atoms with E-state index in [0.717, 1.165) is 37.3 Å². The van der Waals surface area contributed by atoms with Crippen LogP contribution in [0.25, 0.3) is 0 Å². The summed E-state index contributed by atoms with van der Waals surface area (Å²) in [6, 6.07) is 7.72. The third-order valence-electron chi connectivity index (χ3n) is 4.57. The molecule has 0 spiro atoms. The number of sulfonamides is 1. The van der Waals surface area contributed by atoms with E-state index in [9.17, 15) is 8.42 Å². The van der Waals surface area contributed by atoms with E-state index >= 15 is 0 Å². The van der Waals surface area contributed by atoms with Crippen molar-refractivity contribution in [2.75, 3.05) is 26.2 Å². The zero-order valence-electron chi connectivity index (χ0n) is 14.9. The van der Waals surface area contributed by atoms with Crippen molar-refractivity contribution in [2.45, 2.75) is 32.7 Å². The number of aromatic nitrogens is 2. The Balaban J connectivity index is 1.55. The highest BCUT2D eigenvalue weighted by Gasteiger charge is 2.27. The molecule has 1 aliphatic rings. The summed E-state index contributed by atoms with van der Waals surface area (Å²) in [6.45, 7) is 8.35. The van der Waals surface area contributed by atoms with Crippen LogP contribution in [0.1, 0.15) is 23.6 Å². The maximum absolute atomic E-state index is 12.7. The number of hydrogen-bond donors (Lipinski definition) is 0. The Hall–Kier alpha value is -1.70. The molecule has 1 aromatic carbocycles. The van der Waals surface area contributed by atoms with E-state index in [-0.39, 0.29) is 5.75 Å². The second kappa shape index (κ2) is 7.68. The standard InChI is InChI=1S/C18H26N4O2S/c1-3-21-14-18(12-19-21)13-20-7-9-22(10-8-20)25(23,24)15-17-6-4-5-16(2)11-17/h4-6,11-12,14H,3,7-10,13,15H2,1-2H3. The number of hydrogen-bond acceptors (Lipinski definition) is 4. The second-order valence-corrected chi connectivity index (χ2v) is 8.59. The Bertz CT molecular complexity index is 808. The molecule has 1 aromatic heterocycles. The van der Waals surface area contributed by atoms with Gasteiger partial charge in [0, 0.05) is 51.0 Å². The fourth-order valence-corrected chi connectivity index (χ4v) is 4.69. The lowest BCUT2D eigenvalue weighted by Crippen LogP contribution is -2.48. The van der Waals surface area contributed by atoms with Crippen LogP contribution in [0, 0.1) is 6.92 Å². The van der Waals surface area contributed by atoms with E-state index < -0.39 is 10.0 Å². The monoisotopic (exact) mass is 362 g/mol. The zero-order valence-corrected chi connectivity index (χ0v) is 15.7. The molecular formula is C18H26N4O2S. The minimum Gasteiger partial charge on any atom is -0.296 e. The third kappa shape index (κ3) is 4.68. The summed E-state index contributed by atoms with van der Waals surface area (Å²) < 4.78 is 28.9. The number of piperazine rings is 1. The number of benzene rings is 1. The van der Waals surface area contributed by atoms with Crippen molar-refractivity contribution in [2.24, 2.45) is 0 Å². The Kier molecular flexibility index (Phi) is 5.56. The molecule has 2 heterocycles. The van der Waals surface area contributed by atoms with Gasteiger partial charge in [-0.3, -0.25) is 9.58 Å². The van der Waals surface area contributed by atoms with Crippen LogP contribution in [0.5, 0.6) is 0 Å². The summed E-state index contributed by atoms with van der Waals surface area (Å²) in [5, 5.41) is 4.29. The van der Waals surface area contributed by atoms with Gasteiger partial charge in [-0.1, -0.05) is 29.8 Å². The predicted molar refractivity (Wildman–Crippen MR) is 98.6 cm³/mol. The molecule has 0 N–H and O–H groups in total.